The Morgan fingerprint density at radius 2 is 1.96 bits per heavy atom. The number of fused-ring (bicyclic) bond motifs is 1. The summed E-state index contributed by atoms with van der Waals surface area (Å²) in [5, 5.41) is 7.35. The van der Waals surface area contributed by atoms with Gasteiger partial charge in [-0.05, 0) is 40.1 Å². The summed E-state index contributed by atoms with van der Waals surface area (Å²) in [7, 11) is 0. The van der Waals surface area contributed by atoms with Gasteiger partial charge in [0.2, 0.25) is 0 Å². The van der Waals surface area contributed by atoms with Crippen LogP contribution >= 0.6 is 0 Å². The van der Waals surface area contributed by atoms with Gasteiger partial charge in [-0.3, -0.25) is 4.98 Å². The summed E-state index contributed by atoms with van der Waals surface area (Å²) >= 11 is 0. The van der Waals surface area contributed by atoms with Gasteiger partial charge in [-0.25, -0.2) is 14.0 Å². The number of nitrogens with zero attached hydrogens (tertiary/aromatic N) is 5. The van der Waals surface area contributed by atoms with E-state index in [1.807, 2.05) is 16.7 Å². The Morgan fingerprint density at radius 1 is 1.13 bits per heavy atom. The van der Waals surface area contributed by atoms with Crippen LogP contribution in [0.15, 0.2) is 47.4 Å². The number of halogens is 1. The van der Waals surface area contributed by atoms with Crippen LogP contribution in [0.25, 0.3) is 22.6 Å². The van der Waals surface area contributed by atoms with Gasteiger partial charge in [-0.1, -0.05) is 6.07 Å². The highest BCUT2D eigenvalue weighted by atomic mass is 19.1. The lowest BCUT2D eigenvalue weighted by Crippen LogP contribution is -2.03. The number of nitrogen functional groups attached to an aromatic ring is 1. The zero-order valence-corrected chi connectivity index (χ0v) is 11.8. The molecule has 3 heterocycles. The number of para-hydroxylation sites is 1. The van der Waals surface area contributed by atoms with Crippen molar-refractivity contribution in [1.29, 1.82) is 0 Å². The average Bonchev–Trinajstić information content (AvgIpc) is 3.13. The quantitative estimate of drug-likeness (QED) is 0.623. The molecule has 114 valence electrons. The number of hydrogen-bond acceptors (Lipinski definition) is 6. The van der Waals surface area contributed by atoms with E-state index in [-0.39, 0.29) is 17.0 Å². The van der Waals surface area contributed by atoms with Gasteiger partial charge >= 0.3 is 0 Å². The number of imidazole rings is 1. The summed E-state index contributed by atoms with van der Waals surface area (Å²) in [5.74, 6) is 0.101. The summed E-state index contributed by atoms with van der Waals surface area (Å²) in [4.78, 5) is 8.34. The number of anilines is 1. The summed E-state index contributed by atoms with van der Waals surface area (Å²) in [6.45, 7) is 0.462. The van der Waals surface area contributed by atoms with Crippen LogP contribution in [0.1, 0.15) is 5.56 Å². The minimum absolute atomic E-state index is 0.108. The van der Waals surface area contributed by atoms with Crippen molar-refractivity contribution in [1.82, 2.24) is 24.8 Å². The molecule has 0 radical (unpaired) electrons. The summed E-state index contributed by atoms with van der Waals surface area (Å²) in [5.41, 5.74) is 7.93. The second-order valence-electron chi connectivity index (χ2n) is 4.98. The van der Waals surface area contributed by atoms with Crippen LogP contribution in [0.3, 0.4) is 0 Å². The fourth-order valence-electron chi connectivity index (χ4n) is 2.47. The maximum atomic E-state index is 14.1. The van der Waals surface area contributed by atoms with Crippen molar-refractivity contribution in [2.24, 2.45) is 0 Å². The second kappa shape index (κ2) is 5.16. The molecule has 23 heavy (non-hydrogen) atoms. The van der Waals surface area contributed by atoms with E-state index in [0.29, 0.717) is 17.9 Å². The van der Waals surface area contributed by atoms with Crippen molar-refractivity contribution in [3.05, 3.63) is 54.1 Å². The van der Waals surface area contributed by atoms with Gasteiger partial charge < -0.3 is 10.3 Å². The van der Waals surface area contributed by atoms with Crippen LogP contribution in [-0.4, -0.2) is 24.8 Å². The number of hydrogen-bond donors (Lipinski definition) is 1. The highest BCUT2D eigenvalue weighted by Gasteiger charge is 2.20. The molecule has 0 spiro atoms. The molecule has 0 amide bonds. The Morgan fingerprint density at radius 3 is 2.70 bits per heavy atom. The minimum Gasteiger partial charge on any atom is -0.379 e. The van der Waals surface area contributed by atoms with Crippen molar-refractivity contribution in [2.45, 2.75) is 6.54 Å². The first-order chi connectivity index (χ1) is 11.2. The van der Waals surface area contributed by atoms with Gasteiger partial charge in [0.1, 0.15) is 5.52 Å². The standard InChI is InChI=1S/C15H11FN6O/c16-10-2-1-3-11-12(10)19-15(13-14(17)21-23-20-13)22(11)8-9-4-6-18-7-5-9/h1-7H,8H2,(H2,17,21). The first-order valence-corrected chi connectivity index (χ1v) is 6.86. The Balaban J connectivity index is 1.96. The predicted octanol–water partition coefficient (Wildman–Crippen LogP) is 2.25. The van der Waals surface area contributed by atoms with E-state index in [1.54, 1.807) is 24.5 Å². The molecule has 7 nitrogen and oxygen atoms in total. The molecule has 0 unspecified atom stereocenters. The zero-order valence-electron chi connectivity index (χ0n) is 11.8. The molecule has 0 saturated carbocycles. The number of pyridine rings is 1. The maximum Gasteiger partial charge on any atom is 0.199 e. The van der Waals surface area contributed by atoms with Crippen LogP contribution in [-0.2, 0) is 6.54 Å². The van der Waals surface area contributed by atoms with Crippen LogP contribution in [0.2, 0.25) is 0 Å². The van der Waals surface area contributed by atoms with Crippen molar-refractivity contribution >= 4 is 16.9 Å². The highest BCUT2D eigenvalue weighted by molar-refractivity contribution is 5.82. The third-order valence-electron chi connectivity index (χ3n) is 3.55. The minimum atomic E-state index is -0.410. The van der Waals surface area contributed by atoms with Crippen molar-refractivity contribution in [2.75, 3.05) is 5.73 Å². The van der Waals surface area contributed by atoms with Crippen molar-refractivity contribution < 1.29 is 9.02 Å². The molecule has 2 N–H and O–H groups in total. The van der Waals surface area contributed by atoms with E-state index < -0.39 is 5.82 Å². The molecule has 0 fully saturated rings. The van der Waals surface area contributed by atoms with E-state index in [9.17, 15) is 4.39 Å². The lowest BCUT2D eigenvalue weighted by molar-refractivity contribution is 0.310. The van der Waals surface area contributed by atoms with Crippen molar-refractivity contribution in [3.63, 3.8) is 0 Å². The van der Waals surface area contributed by atoms with Gasteiger partial charge in [0.25, 0.3) is 0 Å². The smallest absolute Gasteiger partial charge is 0.199 e. The number of nitrogens with two attached hydrogens (primary N) is 1. The van der Waals surface area contributed by atoms with Gasteiger partial charge in [0.05, 0.1) is 5.52 Å². The molecule has 4 rings (SSSR count). The van der Waals surface area contributed by atoms with Crippen LogP contribution in [0.5, 0.6) is 0 Å². The summed E-state index contributed by atoms with van der Waals surface area (Å²) in [6.07, 6.45) is 3.39. The highest BCUT2D eigenvalue weighted by Crippen LogP contribution is 2.28. The Labute approximate surface area is 129 Å². The Bertz CT molecular complexity index is 978. The Hall–Kier alpha value is -3.29. The van der Waals surface area contributed by atoms with Crippen LogP contribution in [0, 0.1) is 5.82 Å². The molecule has 4 aromatic rings. The lowest BCUT2D eigenvalue weighted by Gasteiger charge is -2.07. The summed E-state index contributed by atoms with van der Waals surface area (Å²) in [6, 6.07) is 8.54. The zero-order chi connectivity index (χ0) is 15.8. The van der Waals surface area contributed by atoms with Gasteiger partial charge in [-0.2, -0.15) is 0 Å². The molecule has 3 aromatic heterocycles. The lowest BCUT2D eigenvalue weighted by atomic mass is 10.2. The molecule has 0 bridgehead atoms. The summed E-state index contributed by atoms with van der Waals surface area (Å²) < 4.78 is 20.6. The maximum absolute atomic E-state index is 14.1. The first-order valence-electron chi connectivity index (χ1n) is 6.86. The molecule has 0 aliphatic heterocycles. The normalized spacial score (nSPS) is 11.2. The number of aromatic nitrogens is 5. The first kappa shape index (κ1) is 13.4. The Kier molecular flexibility index (Phi) is 3.00. The largest absolute Gasteiger partial charge is 0.379 e. The predicted molar refractivity (Wildman–Crippen MR) is 80.7 cm³/mol. The van der Waals surface area contributed by atoms with Gasteiger partial charge in [0.15, 0.2) is 23.2 Å². The average molecular weight is 310 g/mol. The van der Waals surface area contributed by atoms with Crippen LogP contribution < -0.4 is 5.73 Å². The third kappa shape index (κ3) is 2.20. The molecule has 0 aliphatic carbocycles. The molecule has 8 heteroatoms. The van der Waals surface area contributed by atoms with E-state index in [0.717, 1.165) is 5.56 Å². The molecule has 0 atom stereocenters. The van der Waals surface area contributed by atoms with E-state index in [4.69, 9.17) is 5.73 Å². The van der Waals surface area contributed by atoms with E-state index in [2.05, 4.69) is 24.9 Å². The van der Waals surface area contributed by atoms with Crippen molar-refractivity contribution in [3.8, 4) is 11.5 Å². The topological polar surface area (TPSA) is 95.6 Å². The van der Waals surface area contributed by atoms with E-state index in [1.165, 1.54) is 6.07 Å². The third-order valence-corrected chi connectivity index (χ3v) is 3.55. The monoisotopic (exact) mass is 310 g/mol. The molecule has 0 saturated heterocycles. The molecule has 1 aromatic carbocycles. The molecule has 0 aliphatic rings. The fraction of sp³-hybridized carbons (Fsp3) is 0.0667. The van der Waals surface area contributed by atoms with Gasteiger partial charge in [0, 0.05) is 18.9 Å². The number of benzene rings is 1. The fourth-order valence-corrected chi connectivity index (χ4v) is 2.47. The van der Waals surface area contributed by atoms with Gasteiger partial charge in [-0.15, -0.1) is 0 Å². The SMILES string of the molecule is Nc1nonc1-c1nc2c(F)cccc2n1Cc1ccncc1. The second-order valence-corrected chi connectivity index (χ2v) is 4.98. The van der Waals surface area contributed by atoms with E-state index >= 15 is 0 Å². The molecular weight excluding hydrogens is 299 g/mol. The van der Waals surface area contributed by atoms with Crippen LogP contribution in [0.4, 0.5) is 10.2 Å². The molecular formula is C15H11FN6O. The number of rotatable bonds is 3.